The molecule has 0 radical (unpaired) electrons. The van der Waals surface area contributed by atoms with E-state index in [4.69, 9.17) is 27.9 Å². The van der Waals surface area contributed by atoms with E-state index in [0.717, 1.165) is 11.8 Å². The van der Waals surface area contributed by atoms with Gasteiger partial charge in [-0.2, -0.15) is 4.98 Å². The molecular formula is C19H22Cl2N4O2. The maximum absolute atomic E-state index is 11.4. The highest BCUT2D eigenvalue weighted by atomic mass is 35.5. The van der Waals surface area contributed by atoms with Gasteiger partial charge >= 0.3 is 0 Å². The number of nitrogens with one attached hydrogen (secondary N) is 1. The molecule has 0 amide bonds. The number of aldehydes is 1. The molecule has 3 rings (SSSR count). The van der Waals surface area contributed by atoms with Gasteiger partial charge in [-0.15, -0.1) is 0 Å². The van der Waals surface area contributed by atoms with Crippen LogP contribution in [0.4, 0.5) is 11.8 Å². The SMILES string of the molecule is CC(C)[C@H]1COC(C=O)N1c1ccnc(N[C@H](C)c2ccc(Cl)c(Cl)c2)n1. The van der Waals surface area contributed by atoms with Crippen LogP contribution in [0.3, 0.4) is 0 Å². The molecule has 0 spiro atoms. The third kappa shape index (κ3) is 4.34. The van der Waals surface area contributed by atoms with Crippen LogP contribution in [0, 0.1) is 5.92 Å². The first-order valence-electron chi connectivity index (χ1n) is 8.80. The number of halogens is 2. The maximum atomic E-state index is 11.4. The molecule has 6 nitrogen and oxygen atoms in total. The van der Waals surface area contributed by atoms with Crippen molar-refractivity contribution in [2.45, 2.75) is 39.1 Å². The van der Waals surface area contributed by atoms with Crippen molar-refractivity contribution < 1.29 is 9.53 Å². The summed E-state index contributed by atoms with van der Waals surface area (Å²) in [7, 11) is 0. The number of carbonyl (C=O) groups excluding carboxylic acids is 1. The topological polar surface area (TPSA) is 67.3 Å². The van der Waals surface area contributed by atoms with E-state index in [1.54, 1.807) is 18.3 Å². The first-order chi connectivity index (χ1) is 12.9. The van der Waals surface area contributed by atoms with Crippen molar-refractivity contribution in [3.8, 4) is 0 Å². The molecular weight excluding hydrogens is 387 g/mol. The van der Waals surface area contributed by atoms with E-state index < -0.39 is 6.23 Å². The Morgan fingerprint density at radius 2 is 2.04 bits per heavy atom. The number of hydrogen-bond acceptors (Lipinski definition) is 6. The van der Waals surface area contributed by atoms with Crippen LogP contribution in [-0.4, -0.2) is 35.1 Å². The Hall–Kier alpha value is -1.89. The lowest BCUT2D eigenvalue weighted by Gasteiger charge is -2.29. The maximum Gasteiger partial charge on any atom is 0.225 e. The largest absolute Gasteiger partial charge is 0.349 e. The Balaban J connectivity index is 1.82. The Kier molecular flexibility index (Phi) is 6.19. The molecule has 0 saturated carbocycles. The average Bonchev–Trinajstić information content (AvgIpc) is 3.08. The Morgan fingerprint density at radius 3 is 2.70 bits per heavy atom. The minimum Gasteiger partial charge on any atom is -0.349 e. The minimum atomic E-state index is -0.632. The van der Waals surface area contributed by atoms with E-state index >= 15 is 0 Å². The van der Waals surface area contributed by atoms with Crippen LogP contribution in [0.25, 0.3) is 0 Å². The van der Waals surface area contributed by atoms with Gasteiger partial charge in [-0.3, -0.25) is 4.79 Å². The van der Waals surface area contributed by atoms with E-state index in [9.17, 15) is 4.79 Å². The highest BCUT2D eigenvalue weighted by molar-refractivity contribution is 6.42. The summed E-state index contributed by atoms with van der Waals surface area (Å²) in [6, 6.07) is 7.27. The van der Waals surface area contributed by atoms with Crippen molar-refractivity contribution in [2.24, 2.45) is 5.92 Å². The molecule has 1 saturated heterocycles. The van der Waals surface area contributed by atoms with Gasteiger partial charge < -0.3 is 15.0 Å². The normalized spacial score (nSPS) is 20.7. The summed E-state index contributed by atoms with van der Waals surface area (Å²) in [5.41, 5.74) is 0.966. The zero-order valence-electron chi connectivity index (χ0n) is 15.4. The number of rotatable bonds is 6. The monoisotopic (exact) mass is 408 g/mol. The van der Waals surface area contributed by atoms with Crippen LogP contribution in [-0.2, 0) is 9.53 Å². The van der Waals surface area contributed by atoms with Crippen LogP contribution in [0.1, 0.15) is 32.4 Å². The third-order valence-electron chi connectivity index (χ3n) is 4.65. The van der Waals surface area contributed by atoms with Crippen LogP contribution < -0.4 is 10.2 Å². The predicted octanol–water partition coefficient (Wildman–Crippen LogP) is 4.34. The highest BCUT2D eigenvalue weighted by Gasteiger charge is 2.37. The van der Waals surface area contributed by atoms with Gasteiger partial charge in [-0.05, 0) is 36.6 Å². The fourth-order valence-electron chi connectivity index (χ4n) is 3.09. The summed E-state index contributed by atoms with van der Waals surface area (Å²) < 4.78 is 5.61. The number of anilines is 2. The zero-order valence-corrected chi connectivity index (χ0v) is 16.9. The van der Waals surface area contributed by atoms with Crippen LogP contribution in [0.2, 0.25) is 10.0 Å². The first-order valence-corrected chi connectivity index (χ1v) is 9.56. The van der Waals surface area contributed by atoms with Crippen molar-refractivity contribution in [2.75, 3.05) is 16.8 Å². The van der Waals surface area contributed by atoms with Gasteiger partial charge in [-0.1, -0.05) is 43.1 Å². The smallest absolute Gasteiger partial charge is 0.225 e. The molecule has 144 valence electrons. The van der Waals surface area contributed by atoms with Gasteiger partial charge in [0.1, 0.15) is 5.82 Å². The number of benzene rings is 1. The number of nitrogens with zero attached hydrogens (tertiary/aromatic N) is 3. The summed E-state index contributed by atoms with van der Waals surface area (Å²) in [6.45, 7) is 6.68. The predicted molar refractivity (Wildman–Crippen MR) is 107 cm³/mol. The Morgan fingerprint density at radius 1 is 1.26 bits per heavy atom. The summed E-state index contributed by atoms with van der Waals surface area (Å²) in [4.78, 5) is 22.2. The third-order valence-corrected chi connectivity index (χ3v) is 5.39. The van der Waals surface area contributed by atoms with E-state index in [1.165, 1.54) is 0 Å². The number of carbonyl (C=O) groups is 1. The average molecular weight is 409 g/mol. The van der Waals surface area contributed by atoms with E-state index in [-0.39, 0.29) is 12.1 Å². The van der Waals surface area contributed by atoms with Gasteiger partial charge in [0, 0.05) is 6.20 Å². The molecule has 1 unspecified atom stereocenters. The molecule has 1 fully saturated rings. The molecule has 1 aromatic carbocycles. The number of hydrogen-bond donors (Lipinski definition) is 1. The fraction of sp³-hybridized carbons (Fsp3) is 0.421. The molecule has 3 atom stereocenters. The van der Waals surface area contributed by atoms with Crippen molar-refractivity contribution in [3.63, 3.8) is 0 Å². The van der Waals surface area contributed by atoms with Crippen LogP contribution in [0.5, 0.6) is 0 Å². The van der Waals surface area contributed by atoms with E-state index in [1.807, 2.05) is 24.0 Å². The Bertz CT molecular complexity index is 818. The zero-order chi connectivity index (χ0) is 19.6. The lowest BCUT2D eigenvalue weighted by molar-refractivity contribution is -0.115. The van der Waals surface area contributed by atoms with Crippen LogP contribution >= 0.6 is 23.2 Å². The lowest BCUT2D eigenvalue weighted by Crippen LogP contribution is -2.41. The highest BCUT2D eigenvalue weighted by Crippen LogP contribution is 2.29. The van der Waals surface area contributed by atoms with Crippen molar-refractivity contribution in [1.82, 2.24) is 9.97 Å². The minimum absolute atomic E-state index is 0.0763. The van der Waals surface area contributed by atoms with Crippen molar-refractivity contribution in [1.29, 1.82) is 0 Å². The second kappa shape index (κ2) is 8.42. The molecule has 0 bridgehead atoms. The molecule has 1 N–H and O–H groups in total. The standard InChI is InChI=1S/C19H22Cl2N4O2/c1-11(2)16-10-27-18(9-26)25(16)17-6-7-22-19(24-17)23-12(3)13-4-5-14(20)15(21)8-13/h4-9,11-12,16,18H,10H2,1-3H3,(H,22,23,24)/t12-,16-,18?/m1/s1. The van der Waals surface area contributed by atoms with Gasteiger partial charge in [0.15, 0.2) is 12.5 Å². The summed E-state index contributed by atoms with van der Waals surface area (Å²) in [5, 5.41) is 4.28. The van der Waals surface area contributed by atoms with E-state index in [2.05, 4.69) is 29.1 Å². The van der Waals surface area contributed by atoms with Crippen molar-refractivity contribution >= 4 is 41.3 Å². The quantitative estimate of drug-likeness (QED) is 0.716. The molecule has 2 aromatic rings. The molecule has 8 heteroatoms. The number of ether oxygens (including phenoxy) is 1. The first kappa shape index (κ1) is 19.9. The molecule has 27 heavy (non-hydrogen) atoms. The van der Waals surface area contributed by atoms with Gasteiger partial charge in [0.05, 0.1) is 28.7 Å². The van der Waals surface area contributed by atoms with Gasteiger partial charge in [0.25, 0.3) is 0 Å². The summed E-state index contributed by atoms with van der Waals surface area (Å²) in [6.07, 6.45) is 1.84. The van der Waals surface area contributed by atoms with E-state index in [0.29, 0.717) is 34.3 Å². The van der Waals surface area contributed by atoms with Crippen LogP contribution in [0.15, 0.2) is 30.5 Å². The lowest BCUT2D eigenvalue weighted by atomic mass is 10.0. The van der Waals surface area contributed by atoms with Crippen molar-refractivity contribution in [3.05, 3.63) is 46.1 Å². The molecule has 1 aliphatic rings. The second-order valence-electron chi connectivity index (χ2n) is 6.86. The summed E-state index contributed by atoms with van der Waals surface area (Å²) in [5.74, 6) is 1.43. The second-order valence-corrected chi connectivity index (χ2v) is 7.67. The van der Waals surface area contributed by atoms with Gasteiger partial charge in [-0.25, -0.2) is 4.98 Å². The molecule has 0 aliphatic carbocycles. The summed E-state index contributed by atoms with van der Waals surface area (Å²) >= 11 is 12.1. The fourth-order valence-corrected chi connectivity index (χ4v) is 3.39. The molecule has 2 heterocycles. The Labute approximate surface area is 168 Å². The number of aromatic nitrogens is 2. The van der Waals surface area contributed by atoms with Gasteiger partial charge in [0.2, 0.25) is 5.95 Å². The molecule has 1 aliphatic heterocycles. The molecule has 1 aromatic heterocycles.